The highest BCUT2D eigenvalue weighted by Crippen LogP contribution is 2.36. The lowest BCUT2D eigenvalue weighted by Crippen LogP contribution is -2.46. The van der Waals surface area contributed by atoms with Gasteiger partial charge in [-0.3, -0.25) is 4.79 Å². The van der Waals surface area contributed by atoms with E-state index in [-0.39, 0.29) is 23.7 Å². The van der Waals surface area contributed by atoms with Gasteiger partial charge in [-0.05, 0) is 44.2 Å². The Bertz CT molecular complexity index is 909. The van der Waals surface area contributed by atoms with Crippen molar-refractivity contribution in [3.63, 3.8) is 0 Å². The first-order valence-corrected chi connectivity index (χ1v) is 10.0. The fourth-order valence-electron chi connectivity index (χ4n) is 2.79. The summed E-state index contributed by atoms with van der Waals surface area (Å²) in [5.74, 6) is -0.130. The monoisotopic (exact) mass is 423 g/mol. The first kappa shape index (κ1) is 18.1. The molecule has 1 unspecified atom stereocenters. The van der Waals surface area contributed by atoms with Crippen molar-refractivity contribution in [2.45, 2.75) is 38.0 Å². The van der Waals surface area contributed by atoms with Crippen molar-refractivity contribution in [3.05, 3.63) is 58.1 Å². The van der Waals surface area contributed by atoms with Crippen molar-refractivity contribution in [2.24, 2.45) is 0 Å². The summed E-state index contributed by atoms with van der Waals surface area (Å²) >= 11 is 3.39. The molecule has 0 spiro atoms. The van der Waals surface area contributed by atoms with Crippen molar-refractivity contribution in [1.82, 2.24) is 0 Å². The predicted molar refractivity (Wildman–Crippen MR) is 98.9 cm³/mol. The number of aryl methyl sites for hydroxylation is 1. The van der Waals surface area contributed by atoms with Crippen LogP contribution in [0.2, 0.25) is 0 Å². The number of hydrogen-bond donors (Lipinski definition) is 0. The van der Waals surface area contributed by atoms with Crippen molar-refractivity contribution in [3.8, 4) is 0 Å². The van der Waals surface area contributed by atoms with E-state index in [9.17, 15) is 13.2 Å². The Morgan fingerprint density at radius 2 is 1.92 bits per heavy atom. The van der Waals surface area contributed by atoms with Gasteiger partial charge in [0.05, 0.1) is 23.6 Å². The molecule has 0 aromatic heterocycles. The molecule has 7 heteroatoms. The highest BCUT2D eigenvalue weighted by molar-refractivity contribution is 9.10. The number of carbonyl (C=O) groups excluding carboxylic acids is 1. The number of ketones is 1. The molecule has 0 saturated heterocycles. The van der Waals surface area contributed by atoms with E-state index in [1.165, 1.54) is 11.2 Å². The zero-order chi connectivity index (χ0) is 18.2. The Morgan fingerprint density at radius 3 is 2.56 bits per heavy atom. The smallest absolute Gasteiger partial charge is 0.266 e. The second-order valence-electron chi connectivity index (χ2n) is 6.06. The number of rotatable bonds is 4. The van der Waals surface area contributed by atoms with Gasteiger partial charge in [0.25, 0.3) is 10.0 Å². The molecule has 0 aliphatic carbocycles. The molecule has 25 heavy (non-hydrogen) atoms. The van der Waals surface area contributed by atoms with E-state index in [0.717, 1.165) is 15.6 Å². The number of hydrogen-bond acceptors (Lipinski definition) is 4. The summed E-state index contributed by atoms with van der Waals surface area (Å²) in [6.45, 7) is 3.58. The normalized spacial score (nSPS) is 17.2. The van der Waals surface area contributed by atoms with Gasteiger partial charge in [0.1, 0.15) is 5.78 Å². The van der Waals surface area contributed by atoms with E-state index in [2.05, 4.69) is 15.9 Å². The van der Waals surface area contributed by atoms with Crippen LogP contribution in [0.3, 0.4) is 0 Å². The van der Waals surface area contributed by atoms with Crippen LogP contribution in [0, 0.1) is 6.92 Å². The Hall–Kier alpha value is -1.70. The lowest BCUT2D eigenvalue weighted by atomic mass is 10.1. The average molecular weight is 424 g/mol. The summed E-state index contributed by atoms with van der Waals surface area (Å²) in [6, 6.07) is 12.0. The summed E-state index contributed by atoms with van der Waals surface area (Å²) < 4.78 is 34.3. The number of ether oxygens (including phenoxy) is 1. The van der Waals surface area contributed by atoms with Crippen LogP contribution in [0.1, 0.15) is 24.5 Å². The molecule has 1 aliphatic heterocycles. The highest BCUT2D eigenvalue weighted by Gasteiger charge is 2.37. The summed E-state index contributed by atoms with van der Waals surface area (Å²) in [7, 11) is -3.86. The highest BCUT2D eigenvalue weighted by atomic mass is 79.9. The first-order valence-electron chi connectivity index (χ1n) is 7.79. The molecular formula is C18H18BrNO4S. The van der Waals surface area contributed by atoms with Gasteiger partial charge < -0.3 is 4.74 Å². The number of fused-ring (bicyclic) bond motifs is 1. The maximum atomic E-state index is 13.3. The fourth-order valence-corrected chi connectivity index (χ4v) is 4.79. The minimum Gasteiger partial charge on any atom is -0.352 e. The maximum Gasteiger partial charge on any atom is 0.266 e. The second kappa shape index (κ2) is 6.90. The molecule has 2 aromatic carbocycles. The Balaban J connectivity index is 2.13. The molecule has 0 N–H and O–H groups in total. The predicted octanol–water partition coefficient (Wildman–Crippen LogP) is 3.79. The number of nitrogens with zero attached hydrogens (tertiary/aromatic N) is 1. The van der Waals surface area contributed by atoms with Crippen LogP contribution >= 0.6 is 15.9 Å². The zero-order valence-corrected chi connectivity index (χ0v) is 16.3. The minimum absolute atomic E-state index is 0.000591. The summed E-state index contributed by atoms with van der Waals surface area (Å²) in [4.78, 5) is 11.8. The number of anilines is 1. The van der Waals surface area contributed by atoms with Crippen molar-refractivity contribution >= 4 is 37.4 Å². The maximum absolute atomic E-state index is 13.3. The van der Waals surface area contributed by atoms with E-state index >= 15 is 0 Å². The van der Waals surface area contributed by atoms with E-state index < -0.39 is 16.3 Å². The largest absolute Gasteiger partial charge is 0.352 e. The third-order valence-corrected chi connectivity index (χ3v) is 6.32. The van der Waals surface area contributed by atoms with E-state index in [0.29, 0.717) is 5.69 Å². The summed E-state index contributed by atoms with van der Waals surface area (Å²) in [5.41, 5.74) is 2.27. The number of benzene rings is 2. The van der Waals surface area contributed by atoms with E-state index in [4.69, 9.17) is 4.74 Å². The van der Waals surface area contributed by atoms with Crippen LogP contribution in [-0.4, -0.2) is 20.4 Å². The lowest BCUT2D eigenvalue weighted by Gasteiger charge is -2.37. The molecule has 0 radical (unpaired) electrons. The standard InChI is InChI=1S/C18H18BrNO4S/c1-12-3-6-16(7-4-12)25(22,23)20-17-8-5-15(19)10-14(17)11-24-18(20)9-13(2)21/h3-8,10,18H,9,11H2,1-2H3. The van der Waals surface area contributed by atoms with Crippen LogP contribution in [0.5, 0.6) is 0 Å². The minimum atomic E-state index is -3.86. The first-order chi connectivity index (χ1) is 11.8. The summed E-state index contributed by atoms with van der Waals surface area (Å²) in [6.07, 6.45) is -0.849. The van der Waals surface area contributed by atoms with Gasteiger partial charge in [-0.25, -0.2) is 12.7 Å². The molecule has 5 nitrogen and oxygen atoms in total. The molecule has 0 fully saturated rings. The Morgan fingerprint density at radius 1 is 1.24 bits per heavy atom. The Kier molecular flexibility index (Phi) is 4.99. The molecule has 1 atom stereocenters. The number of sulfonamides is 1. The van der Waals surface area contributed by atoms with Gasteiger partial charge in [0, 0.05) is 10.0 Å². The van der Waals surface area contributed by atoms with Gasteiger partial charge in [-0.15, -0.1) is 0 Å². The Labute approximate surface area is 155 Å². The van der Waals surface area contributed by atoms with Gasteiger partial charge in [0.2, 0.25) is 0 Å². The molecular weight excluding hydrogens is 406 g/mol. The van der Waals surface area contributed by atoms with Gasteiger partial charge in [-0.2, -0.15) is 0 Å². The fraction of sp³-hybridized carbons (Fsp3) is 0.278. The SMILES string of the molecule is CC(=O)CC1OCc2cc(Br)ccc2N1S(=O)(=O)c1ccc(C)cc1. The van der Waals surface area contributed by atoms with Crippen LogP contribution in [0.4, 0.5) is 5.69 Å². The van der Waals surface area contributed by atoms with Crippen molar-refractivity contribution < 1.29 is 17.9 Å². The van der Waals surface area contributed by atoms with Gasteiger partial charge in [0.15, 0.2) is 6.23 Å². The lowest BCUT2D eigenvalue weighted by molar-refractivity contribution is -0.120. The summed E-state index contributed by atoms with van der Waals surface area (Å²) in [5, 5.41) is 0. The molecule has 3 rings (SSSR count). The molecule has 2 aromatic rings. The zero-order valence-electron chi connectivity index (χ0n) is 13.9. The molecule has 0 amide bonds. The van der Waals surface area contributed by atoms with Crippen molar-refractivity contribution in [1.29, 1.82) is 0 Å². The number of carbonyl (C=O) groups is 1. The quantitative estimate of drug-likeness (QED) is 0.750. The number of halogens is 1. The van der Waals surface area contributed by atoms with Crippen LogP contribution < -0.4 is 4.31 Å². The average Bonchev–Trinajstić information content (AvgIpc) is 2.54. The van der Waals surface area contributed by atoms with Crippen LogP contribution in [0.15, 0.2) is 51.8 Å². The van der Waals surface area contributed by atoms with Gasteiger partial charge in [-0.1, -0.05) is 33.6 Å². The molecule has 0 bridgehead atoms. The van der Waals surface area contributed by atoms with Gasteiger partial charge >= 0.3 is 0 Å². The molecule has 0 saturated carbocycles. The third-order valence-electron chi connectivity index (χ3n) is 4.01. The van der Waals surface area contributed by atoms with Crippen LogP contribution in [0.25, 0.3) is 0 Å². The van der Waals surface area contributed by atoms with E-state index in [1.54, 1.807) is 36.4 Å². The van der Waals surface area contributed by atoms with Crippen molar-refractivity contribution in [2.75, 3.05) is 4.31 Å². The van der Waals surface area contributed by atoms with Crippen LogP contribution in [-0.2, 0) is 26.2 Å². The number of Topliss-reactive ketones (excluding diaryl/α,β-unsaturated/α-hetero) is 1. The van der Waals surface area contributed by atoms with E-state index in [1.807, 2.05) is 13.0 Å². The topological polar surface area (TPSA) is 63.7 Å². The third kappa shape index (κ3) is 3.63. The molecule has 132 valence electrons. The second-order valence-corrected chi connectivity index (χ2v) is 8.79. The molecule has 1 aliphatic rings. The molecule has 1 heterocycles.